The van der Waals surface area contributed by atoms with Crippen molar-refractivity contribution in [3.8, 4) is 0 Å². The van der Waals surface area contributed by atoms with Gasteiger partial charge in [-0.3, -0.25) is 4.79 Å². The molecular formula is C16H29NO. The number of rotatable bonds is 3. The highest BCUT2D eigenvalue weighted by Crippen LogP contribution is 2.30. The average molecular weight is 251 g/mol. The van der Waals surface area contributed by atoms with Crippen molar-refractivity contribution in [3.63, 3.8) is 0 Å². The van der Waals surface area contributed by atoms with Crippen LogP contribution in [0.3, 0.4) is 0 Å². The Bertz CT molecular complexity index is 260. The molecule has 0 aliphatic heterocycles. The molecule has 2 saturated carbocycles. The van der Waals surface area contributed by atoms with Crippen LogP contribution in [0.4, 0.5) is 0 Å². The molecule has 1 amide bonds. The lowest BCUT2D eigenvalue weighted by Crippen LogP contribution is -2.41. The van der Waals surface area contributed by atoms with Gasteiger partial charge in [-0.1, -0.05) is 33.1 Å². The van der Waals surface area contributed by atoms with E-state index in [0.29, 0.717) is 17.9 Å². The summed E-state index contributed by atoms with van der Waals surface area (Å²) in [6.45, 7) is 4.65. The summed E-state index contributed by atoms with van der Waals surface area (Å²) in [5, 5.41) is 3.31. The zero-order valence-corrected chi connectivity index (χ0v) is 12.1. The van der Waals surface area contributed by atoms with Gasteiger partial charge in [0.2, 0.25) is 5.91 Å². The molecule has 0 saturated heterocycles. The molecule has 0 radical (unpaired) electrons. The molecule has 0 aromatic heterocycles. The molecule has 0 aromatic rings. The SMILES string of the molecule is CC(C)C1CCC(NC(=O)C2CCCCC2)CC1. The second-order valence-electron chi connectivity index (χ2n) is 6.70. The molecule has 0 unspecified atom stereocenters. The molecule has 18 heavy (non-hydrogen) atoms. The van der Waals surface area contributed by atoms with Crippen LogP contribution in [0.15, 0.2) is 0 Å². The van der Waals surface area contributed by atoms with Gasteiger partial charge in [0.1, 0.15) is 0 Å². The quantitative estimate of drug-likeness (QED) is 0.810. The molecule has 0 spiro atoms. The zero-order chi connectivity index (χ0) is 13.0. The molecule has 0 aromatic carbocycles. The first-order valence-corrected chi connectivity index (χ1v) is 7.97. The van der Waals surface area contributed by atoms with E-state index in [1.54, 1.807) is 0 Å². The second-order valence-corrected chi connectivity index (χ2v) is 6.70. The zero-order valence-electron chi connectivity index (χ0n) is 12.1. The topological polar surface area (TPSA) is 29.1 Å². The number of nitrogens with one attached hydrogen (secondary N) is 1. The Hall–Kier alpha value is -0.530. The summed E-state index contributed by atoms with van der Waals surface area (Å²) >= 11 is 0. The minimum absolute atomic E-state index is 0.321. The van der Waals surface area contributed by atoms with E-state index in [9.17, 15) is 4.79 Å². The monoisotopic (exact) mass is 251 g/mol. The van der Waals surface area contributed by atoms with E-state index < -0.39 is 0 Å². The highest BCUT2D eigenvalue weighted by molar-refractivity contribution is 5.79. The number of carbonyl (C=O) groups is 1. The molecule has 2 heteroatoms. The van der Waals surface area contributed by atoms with E-state index in [1.807, 2.05) is 0 Å². The predicted molar refractivity (Wildman–Crippen MR) is 75.3 cm³/mol. The summed E-state index contributed by atoms with van der Waals surface area (Å²) in [7, 11) is 0. The van der Waals surface area contributed by atoms with Crippen molar-refractivity contribution in [1.29, 1.82) is 0 Å². The van der Waals surface area contributed by atoms with Gasteiger partial charge in [-0.15, -0.1) is 0 Å². The second kappa shape index (κ2) is 6.58. The van der Waals surface area contributed by atoms with Gasteiger partial charge in [-0.05, 0) is 50.4 Å². The standard InChI is InChI=1S/C16H29NO/c1-12(2)13-8-10-15(11-9-13)17-16(18)14-6-4-3-5-7-14/h12-15H,3-11H2,1-2H3,(H,17,18). The van der Waals surface area contributed by atoms with Crippen LogP contribution in [-0.4, -0.2) is 11.9 Å². The summed E-state index contributed by atoms with van der Waals surface area (Å²) in [6, 6.07) is 0.467. The van der Waals surface area contributed by atoms with Crippen molar-refractivity contribution in [2.45, 2.75) is 77.7 Å². The lowest BCUT2D eigenvalue weighted by molar-refractivity contribution is -0.126. The molecule has 104 valence electrons. The van der Waals surface area contributed by atoms with Gasteiger partial charge in [-0.25, -0.2) is 0 Å². The number of carbonyl (C=O) groups excluding carboxylic acids is 1. The Kier molecular flexibility index (Phi) is 5.08. The minimum atomic E-state index is 0.321. The number of amides is 1. The first-order valence-electron chi connectivity index (χ1n) is 7.97. The summed E-state index contributed by atoms with van der Waals surface area (Å²) < 4.78 is 0. The van der Waals surface area contributed by atoms with E-state index in [4.69, 9.17) is 0 Å². The van der Waals surface area contributed by atoms with Crippen LogP contribution >= 0.6 is 0 Å². The van der Waals surface area contributed by atoms with E-state index in [2.05, 4.69) is 19.2 Å². The Labute approximate surface area is 112 Å². The molecule has 2 nitrogen and oxygen atoms in total. The summed E-state index contributed by atoms with van der Waals surface area (Å²) in [6.07, 6.45) is 11.0. The van der Waals surface area contributed by atoms with Crippen LogP contribution in [0.5, 0.6) is 0 Å². The predicted octanol–water partition coefficient (Wildman–Crippen LogP) is 3.90. The molecule has 2 rings (SSSR count). The Balaban J connectivity index is 1.72. The van der Waals surface area contributed by atoms with Crippen molar-refractivity contribution in [2.24, 2.45) is 17.8 Å². The number of hydrogen-bond acceptors (Lipinski definition) is 1. The lowest BCUT2D eigenvalue weighted by atomic mass is 9.79. The maximum absolute atomic E-state index is 12.2. The third kappa shape index (κ3) is 3.73. The third-order valence-electron chi connectivity index (χ3n) is 5.04. The highest BCUT2D eigenvalue weighted by atomic mass is 16.1. The van der Waals surface area contributed by atoms with Gasteiger partial charge in [0.25, 0.3) is 0 Å². The van der Waals surface area contributed by atoms with Crippen LogP contribution < -0.4 is 5.32 Å². The molecule has 2 aliphatic rings. The molecule has 0 bridgehead atoms. The summed E-state index contributed by atoms with van der Waals surface area (Å²) in [4.78, 5) is 12.2. The van der Waals surface area contributed by atoms with E-state index in [1.165, 1.54) is 44.9 Å². The average Bonchev–Trinajstić information content (AvgIpc) is 2.40. The normalized spacial score (nSPS) is 30.4. The lowest BCUT2D eigenvalue weighted by Gasteiger charge is -2.32. The highest BCUT2D eigenvalue weighted by Gasteiger charge is 2.27. The first-order chi connectivity index (χ1) is 8.66. The molecular weight excluding hydrogens is 222 g/mol. The van der Waals surface area contributed by atoms with E-state index in [0.717, 1.165) is 24.7 Å². The molecule has 0 atom stereocenters. The van der Waals surface area contributed by atoms with Crippen molar-refractivity contribution >= 4 is 5.91 Å². The van der Waals surface area contributed by atoms with Gasteiger partial charge < -0.3 is 5.32 Å². The van der Waals surface area contributed by atoms with Crippen LogP contribution in [0, 0.1) is 17.8 Å². The smallest absolute Gasteiger partial charge is 0.223 e. The van der Waals surface area contributed by atoms with Gasteiger partial charge in [0.15, 0.2) is 0 Å². The molecule has 0 heterocycles. The minimum Gasteiger partial charge on any atom is -0.353 e. The number of hydrogen-bond donors (Lipinski definition) is 1. The van der Waals surface area contributed by atoms with Crippen molar-refractivity contribution in [3.05, 3.63) is 0 Å². The first kappa shape index (κ1) is 13.9. The molecule has 2 fully saturated rings. The van der Waals surface area contributed by atoms with Crippen molar-refractivity contribution in [2.75, 3.05) is 0 Å². The largest absolute Gasteiger partial charge is 0.353 e. The Morgan fingerprint density at radius 2 is 1.56 bits per heavy atom. The fraction of sp³-hybridized carbons (Fsp3) is 0.938. The third-order valence-corrected chi connectivity index (χ3v) is 5.04. The van der Waals surface area contributed by atoms with E-state index in [-0.39, 0.29) is 0 Å². The van der Waals surface area contributed by atoms with Crippen molar-refractivity contribution in [1.82, 2.24) is 5.32 Å². The maximum Gasteiger partial charge on any atom is 0.223 e. The fourth-order valence-corrected chi connectivity index (χ4v) is 3.61. The van der Waals surface area contributed by atoms with Gasteiger partial charge in [0.05, 0.1) is 0 Å². The Morgan fingerprint density at radius 3 is 2.11 bits per heavy atom. The van der Waals surface area contributed by atoms with Crippen LogP contribution in [0.25, 0.3) is 0 Å². The van der Waals surface area contributed by atoms with Crippen LogP contribution in [-0.2, 0) is 4.79 Å². The summed E-state index contributed by atoms with van der Waals surface area (Å²) in [5.74, 6) is 2.36. The van der Waals surface area contributed by atoms with Crippen molar-refractivity contribution < 1.29 is 4.79 Å². The summed E-state index contributed by atoms with van der Waals surface area (Å²) in [5.41, 5.74) is 0. The van der Waals surface area contributed by atoms with Crippen LogP contribution in [0.1, 0.15) is 71.6 Å². The Morgan fingerprint density at radius 1 is 0.944 bits per heavy atom. The van der Waals surface area contributed by atoms with E-state index >= 15 is 0 Å². The van der Waals surface area contributed by atoms with Gasteiger partial charge in [-0.2, -0.15) is 0 Å². The van der Waals surface area contributed by atoms with Gasteiger partial charge >= 0.3 is 0 Å². The maximum atomic E-state index is 12.2. The fourth-order valence-electron chi connectivity index (χ4n) is 3.61. The molecule has 1 N–H and O–H groups in total. The van der Waals surface area contributed by atoms with Gasteiger partial charge in [0, 0.05) is 12.0 Å². The van der Waals surface area contributed by atoms with Crippen LogP contribution in [0.2, 0.25) is 0 Å². The molecule has 2 aliphatic carbocycles.